The van der Waals surface area contributed by atoms with Crippen molar-refractivity contribution >= 4 is 23.6 Å². The van der Waals surface area contributed by atoms with Gasteiger partial charge in [-0.1, -0.05) is 18.2 Å². The van der Waals surface area contributed by atoms with Crippen LogP contribution in [-0.4, -0.2) is 29.8 Å². The molecule has 1 saturated carbocycles. The second-order valence-electron chi connectivity index (χ2n) is 4.60. The van der Waals surface area contributed by atoms with Gasteiger partial charge in [0, 0.05) is 17.1 Å². The number of carbonyl (C=O) groups is 2. The van der Waals surface area contributed by atoms with Gasteiger partial charge in [-0.3, -0.25) is 4.79 Å². The Kier molecular flexibility index (Phi) is 4.14. The van der Waals surface area contributed by atoms with Gasteiger partial charge in [0.25, 0.3) is 0 Å². The van der Waals surface area contributed by atoms with E-state index in [1.807, 2.05) is 30.3 Å². The first-order valence-electron chi connectivity index (χ1n) is 6.17. The summed E-state index contributed by atoms with van der Waals surface area (Å²) in [6.07, 6.45) is 1.51. The van der Waals surface area contributed by atoms with Crippen molar-refractivity contribution in [3.8, 4) is 0 Å². The fourth-order valence-electron chi connectivity index (χ4n) is 2.30. The SMILES string of the molecule is COC(=O)[C@]1(NC(C)=O)CC[C@@H]1Sc1ccccc1. The third kappa shape index (κ3) is 2.76. The number of carbonyl (C=O) groups excluding carboxylic acids is 2. The number of esters is 1. The Morgan fingerprint density at radius 2 is 2.05 bits per heavy atom. The first kappa shape index (κ1) is 13.9. The third-order valence-corrected chi connectivity index (χ3v) is 4.79. The molecule has 19 heavy (non-hydrogen) atoms. The van der Waals surface area contributed by atoms with Gasteiger partial charge >= 0.3 is 5.97 Å². The molecule has 0 unspecified atom stereocenters. The zero-order chi connectivity index (χ0) is 13.9. The smallest absolute Gasteiger partial charge is 0.332 e. The number of nitrogens with one attached hydrogen (secondary N) is 1. The summed E-state index contributed by atoms with van der Waals surface area (Å²) in [7, 11) is 1.36. The van der Waals surface area contributed by atoms with Crippen LogP contribution in [0.3, 0.4) is 0 Å². The van der Waals surface area contributed by atoms with E-state index in [1.165, 1.54) is 14.0 Å². The van der Waals surface area contributed by atoms with E-state index in [1.54, 1.807) is 11.8 Å². The maximum atomic E-state index is 12.0. The number of benzene rings is 1. The minimum Gasteiger partial charge on any atom is -0.467 e. The average Bonchev–Trinajstić information content (AvgIpc) is 2.41. The molecular weight excluding hydrogens is 262 g/mol. The highest BCUT2D eigenvalue weighted by molar-refractivity contribution is 8.00. The van der Waals surface area contributed by atoms with Crippen LogP contribution in [0.1, 0.15) is 19.8 Å². The van der Waals surface area contributed by atoms with Gasteiger partial charge in [-0.15, -0.1) is 11.8 Å². The number of thioether (sulfide) groups is 1. The van der Waals surface area contributed by atoms with Gasteiger partial charge in [0.15, 0.2) is 0 Å². The van der Waals surface area contributed by atoms with Crippen molar-refractivity contribution < 1.29 is 14.3 Å². The van der Waals surface area contributed by atoms with E-state index in [2.05, 4.69) is 5.32 Å². The van der Waals surface area contributed by atoms with Crippen molar-refractivity contribution in [2.75, 3.05) is 7.11 Å². The Bertz CT molecular complexity index is 477. The highest BCUT2D eigenvalue weighted by Crippen LogP contribution is 2.45. The van der Waals surface area contributed by atoms with Crippen LogP contribution < -0.4 is 5.32 Å². The molecule has 1 fully saturated rings. The number of hydrogen-bond acceptors (Lipinski definition) is 4. The molecule has 1 aliphatic carbocycles. The highest BCUT2D eigenvalue weighted by atomic mass is 32.2. The van der Waals surface area contributed by atoms with Crippen LogP contribution in [0.4, 0.5) is 0 Å². The summed E-state index contributed by atoms with van der Waals surface area (Å²) in [5.41, 5.74) is -0.874. The molecular formula is C14H17NO3S. The summed E-state index contributed by atoms with van der Waals surface area (Å²) in [4.78, 5) is 24.4. The maximum absolute atomic E-state index is 12.0. The maximum Gasteiger partial charge on any atom is 0.332 e. The quantitative estimate of drug-likeness (QED) is 0.856. The van der Waals surface area contributed by atoms with Gasteiger partial charge in [-0.05, 0) is 25.0 Å². The lowest BCUT2D eigenvalue weighted by Gasteiger charge is -2.46. The molecule has 0 heterocycles. The summed E-state index contributed by atoms with van der Waals surface area (Å²) in [5.74, 6) is -0.564. The summed E-state index contributed by atoms with van der Waals surface area (Å²) >= 11 is 1.61. The Labute approximate surface area is 116 Å². The second kappa shape index (κ2) is 5.65. The summed E-state index contributed by atoms with van der Waals surface area (Å²) in [6.45, 7) is 1.42. The van der Waals surface area contributed by atoms with Gasteiger partial charge in [0.2, 0.25) is 5.91 Å². The molecule has 2 atom stereocenters. The number of ether oxygens (including phenoxy) is 1. The van der Waals surface area contributed by atoms with E-state index >= 15 is 0 Å². The molecule has 1 aromatic carbocycles. The number of hydrogen-bond donors (Lipinski definition) is 1. The molecule has 5 heteroatoms. The van der Waals surface area contributed by atoms with Crippen LogP contribution in [0.25, 0.3) is 0 Å². The minimum absolute atomic E-state index is 0.0197. The van der Waals surface area contributed by atoms with E-state index in [-0.39, 0.29) is 17.1 Å². The van der Waals surface area contributed by atoms with E-state index in [0.717, 1.165) is 11.3 Å². The second-order valence-corrected chi connectivity index (χ2v) is 5.88. The normalized spacial score (nSPS) is 25.3. The Morgan fingerprint density at radius 3 is 2.53 bits per heavy atom. The Hall–Kier alpha value is -1.49. The van der Waals surface area contributed by atoms with E-state index in [9.17, 15) is 9.59 Å². The fraction of sp³-hybridized carbons (Fsp3) is 0.429. The summed E-state index contributed by atoms with van der Waals surface area (Å²) < 4.78 is 4.86. The predicted molar refractivity (Wildman–Crippen MR) is 73.9 cm³/mol. The summed E-state index contributed by atoms with van der Waals surface area (Å²) in [5, 5.41) is 2.80. The monoisotopic (exact) mass is 279 g/mol. The molecule has 1 N–H and O–H groups in total. The fourth-order valence-corrected chi connectivity index (χ4v) is 3.65. The van der Waals surface area contributed by atoms with Crippen molar-refractivity contribution in [3.63, 3.8) is 0 Å². The van der Waals surface area contributed by atoms with Crippen LogP contribution in [0.15, 0.2) is 35.2 Å². The third-order valence-electron chi connectivity index (χ3n) is 3.32. The van der Waals surface area contributed by atoms with Crippen molar-refractivity contribution in [2.45, 2.75) is 35.4 Å². The lowest BCUT2D eigenvalue weighted by atomic mass is 9.76. The van der Waals surface area contributed by atoms with Crippen molar-refractivity contribution in [3.05, 3.63) is 30.3 Å². The molecule has 102 valence electrons. The zero-order valence-corrected chi connectivity index (χ0v) is 11.8. The lowest BCUT2D eigenvalue weighted by molar-refractivity contribution is -0.154. The van der Waals surface area contributed by atoms with E-state index in [4.69, 9.17) is 4.74 Å². The van der Waals surface area contributed by atoms with E-state index in [0.29, 0.717) is 6.42 Å². The van der Waals surface area contributed by atoms with Crippen LogP contribution in [0, 0.1) is 0 Å². The van der Waals surface area contributed by atoms with Crippen LogP contribution in [-0.2, 0) is 14.3 Å². The lowest BCUT2D eigenvalue weighted by Crippen LogP contribution is -2.66. The molecule has 1 aliphatic rings. The molecule has 4 nitrogen and oxygen atoms in total. The molecule has 2 rings (SSSR count). The molecule has 1 aromatic rings. The topological polar surface area (TPSA) is 55.4 Å². The van der Waals surface area contributed by atoms with Gasteiger partial charge in [-0.25, -0.2) is 4.79 Å². The Morgan fingerprint density at radius 1 is 1.37 bits per heavy atom. The van der Waals surface area contributed by atoms with Gasteiger partial charge in [0.05, 0.1) is 7.11 Å². The molecule has 0 saturated heterocycles. The number of rotatable bonds is 4. The molecule has 0 aliphatic heterocycles. The number of methoxy groups -OCH3 is 1. The molecule has 0 bridgehead atoms. The van der Waals surface area contributed by atoms with Crippen LogP contribution in [0.2, 0.25) is 0 Å². The molecule has 0 aromatic heterocycles. The zero-order valence-electron chi connectivity index (χ0n) is 11.0. The van der Waals surface area contributed by atoms with Crippen molar-refractivity contribution in [1.82, 2.24) is 5.32 Å². The van der Waals surface area contributed by atoms with E-state index < -0.39 is 5.54 Å². The van der Waals surface area contributed by atoms with Crippen LogP contribution >= 0.6 is 11.8 Å². The van der Waals surface area contributed by atoms with Gasteiger partial charge in [-0.2, -0.15) is 0 Å². The van der Waals surface area contributed by atoms with Gasteiger partial charge in [0.1, 0.15) is 5.54 Å². The highest BCUT2D eigenvalue weighted by Gasteiger charge is 2.55. The first-order valence-corrected chi connectivity index (χ1v) is 7.05. The molecule has 0 spiro atoms. The Balaban J connectivity index is 2.16. The van der Waals surface area contributed by atoms with Gasteiger partial charge < -0.3 is 10.1 Å². The number of amides is 1. The average molecular weight is 279 g/mol. The summed E-state index contributed by atoms with van der Waals surface area (Å²) in [6, 6.07) is 9.86. The molecule has 1 amide bonds. The minimum atomic E-state index is -0.874. The predicted octanol–water partition coefficient (Wildman–Crippen LogP) is 1.99. The first-order chi connectivity index (χ1) is 9.08. The standard InChI is InChI=1S/C14H17NO3S/c1-10(16)15-14(13(17)18-2)9-8-12(14)19-11-6-4-3-5-7-11/h3-7,12H,8-9H2,1-2H3,(H,15,16)/t12-,14-/m0/s1. The van der Waals surface area contributed by atoms with Crippen LogP contribution in [0.5, 0.6) is 0 Å². The molecule has 0 radical (unpaired) electrons. The van der Waals surface area contributed by atoms with Crippen molar-refractivity contribution in [1.29, 1.82) is 0 Å². The largest absolute Gasteiger partial charge is 0.467 e. The van der Waals surface area contributed by atoms with Crippen molar-refractivity contribution in [2.24, 2.45) is 0 Å².